The van der Waals surface area contributed by atoms with Crippen LogP contribution >= 0.6 is 34.8 Å². The second-order valence-corrected chi connectivity index (χ2v) is 6.43. The highest BCUT2D eigenvalue weighted by Crippen LogP contribution is 2.24. The first-order valence-electron chi connectivity index (χ1n) is 7.36. The molecule has 0 radical (unpaired) electrons. The second-order valence-electron chi connectivity index (χ2n) is 5.15. The normalized spacial score (nSPS) is 11.3. The van der Waals surface area contributed by atoms with Gasteiger partial charge in [0.25, 0.3) is 0 Å². The van der Waals surface area contributed by atoms with Crippen LogP contribution in [0.15, 0.2) is 53.7 Å². The molecule has 3 nitrogen and oxygen atoms in total. The number of hydrogen-bond donors (Lipinski definition) is 1. The molecule has 0 atom stereocenters. The summed E-state index contributed by atoms with van der Waals surface area (Å²) < 4.78 is 0. The molecule has 0 amide bonds. The van der Waals surface area contributed by atoms with Crippen molar-refractivity contribution < 1.29 is 0 Å². The Morgan fingerprint density at radius 1 is 1.00 bits per heavy atom. The highest BCUT2D eigenvalue weighted by Gasteiger charge is 2.02. The van der Waals surface area contributed by atoms with Crippen LogP contribution in [0.4, 0.5) is 5.69 Å². The van der Waals surface area contributed by atoms with Gasteiger partial charge in [-0.25, -0.2) is 0 Å². The van der Waals surface area contributed by atoms with Gasteiger partial charge in [-0.2, -0.15) is 0 Å². The average Bonchev–Trinajstić information content (AvgIpc) is 2.56. The van der Waals surface area contributed by atoms with Gasteiger partial charge in [-0.15, -0.1) is 0 Å². The van der Waals surface area contributed by atoms with Gasteiger partial charge in [-0.1, -0.05) is 40.9 Å². The smallest absolute Gasteiger partial charge is 0.0737 e. The Morgan fingerprint density at radius 2 is 1.79 bits per heavy atom. The number of pyridine rings is 1. The largest absolute Gasteiger partial charge is 0.383 e. The third-order valence-electron chi connectivity index (χ3n) is 3.45. The minimum atomic E-state index is 0.594. The number of benzene rings is 2. The number of hydrogen-bond acceptors (Lipinski definition) is 3. The van der Waals surface area contributed by atoms with Gasteiger partial charge in [0.2, 0.25) is 0 Å². The molecular formula is C18H14Cl3N3. The fourth-order valence-electron chi connectivity index (χ4n) is 2.30. The highest BCUT2D eigenvalue weighted by atomic mass is 35.5. The van der Waals surface area contributed by atoms with Crippen molar-refractivity contribution >= 4 is 57.6 Å². The van der Waals surface area contributed by atoms with Gasteiger partial charge < -0.3 is 5.32 Å². The van der Waals surface area contributed by atoms with Crippen LogP contribution < -0.4 is 5.32 Å². The standard InChI is InChI=1S/C18H14Cl3N3/c19-13-2-1-12(16(21)9-13)11-22-7-8-24-17-5-6-23-18-10-14(20)3-4-15(17)18/h1-6,9-11H,7-8H2,(H,23,24). The maximum Gasteiger partial charge on any atom is 0.0737 e. The lowest BCUT2D eigenvalue weighted by Crippen LogP contribution is -2.05. The Labute approximate surface area is 155 Å². The molecule has 1 N–H and O–H groups in total. The van der Waals surface area contributed by atoms with Gasteiger partial charge in [0.1, 0.15) is 0 Å². The zero-order chi connectivity index (χ0) is 16.9. The van der Waals surface area contributed by atoms with E-state index in [0.29, 0.717) is 28.2 Å². The van der Waals surface area contributed by atoms with Crippen LogP contribution in [0.25, 0.3) is 10.9 Å². The van der Waals surface area contributed by atoms with Gasteiger partial charge in [0.05, 0.1) is 17.1 Å². The Kier molecular flexibility index (Phi) is 5.56. The van der Waals surface area contributed by atoms with Crippen LogP contribution in [0.1, 0.15) is 5.56 Å². The number of anilines is 1. The summed E-state index contributed by atoms with van der Waals surface area (Å²) in [5, 5.41) is 6.29. The van der Waals surface area contributed by atoms with Crippen molar-refractivity contribution in [2.45, 2.75) is 0 Å². The molecule has 2 aromatic carbocycles. The number of nitrogens with one attached hydrogen (secondary N) is 1. The molecule has 24 heavy (non-hydrogen) atoms. The van der Waals surface area contributed by atoms with Crippen LogP contribution in [0.2, 0.25) is 15.1 Å². The summed E-state index contributed by atoms with van der Waals surface area (Å²) in [5.41, 5.74) is 2.73. The predicted octanol–water partition coefficient (Wildman–Crippen LogP) is 5.73. The van der Waals surface area contributed by atoms with E-state index in [2.05, 4.69) is 15.3 Å². The predicted molar refractivity (Wildman–Crippen MR) is 104 cm³/mol. The van der Waals surface area contributed by atoms with E-state index in [1.165, 1.54) is 0 Å². The quantitative estimate of drug-likeness (QED) is 0.455. The van der Waals surface area contributed by atoms with Crippen LogP contribution in [-0.4, -0.2) is 24.3 Å². The summed E-state index contributed by atoms with van der Waals surface area (Å²) >= 11 is 18.0. The summed E-state index contributed by atoms with van der Waals surface area (Å²) in [6, 6.07) is 13.0. The van der Waals surface area contributed by atoms with Gasteiger partial charge in [0, 0.05) is 45.6 Å². The summed E-state index contributed by atoms with van der Waals surface area (Å²) in [4.78, 5) is 8.71. The molecule has 122 valence electrons. The fourth-order valence-corrected chi connectivity index (χ4v) is 2.92. The lowest BCUT2D eigenvalue weighted by atomic mass is 10.2. The van der Waals surface area contributed by atoms with Crippen LogP contribution in [0.5, 0.6) is 0 Å². The molecular weight excluding hydrogens is 365 g/mol. The lowest BCUT2D eigenvalue weighted by molar-refractivity contribution is 1.03. The first-order valence-corrected chi connectivity index (χ1v) is 8.50. The van der Waals surface area contributed by atoms with E-state index in [0.717, 1.165) is 22.2 Å². The molecule has 0 saturated heterocycles. The Balaban J connectivity index is 1.62. The Bertz CT molecular complexity index is 894. The van der Waals surface area contributed by atoms with Crippen LogP contribution in [-0.2, 0) is 0 Å². The molecule has 0 fully saturated rings. The van der Waals surface area contributed by atoms with Gasteiger partial charge in [-0.3, -0.25) is 9.98 Å². The zero-order valence-electron chi connectivity index (χ0n) is 12.6. The number of nitrogens with zero attached hydrogens (tertiary/aromatic N) is 2. The van der Waals surface area contributed by atoms with E-state index < -0.39 is 0 Å². The van der Waals surface area contributed by atoms with Crippen molar-refractivity contribution in [2.24, 2.45) is 4.99 Å². The first kappa shape index (κ1) is 17.0. The lowest BCUT2D eigenvalue weighted by Gasteiger charge is -2.08. The third-order valence-corrected chi connectivity index (χ3v) is 4.25. The number of fused-ring (bicyclic) bond motifs is 1. The summed E-state index contributed by atoms with van der Waals surface area (Å²) in [6.45, 7) is 1.32. The van der Waals surface area contributed by atoms with Crippen molar-refractivity contribution in [2.75, 3.05) is 18.4 Å². The van der Waals surface area contributed by atoms with E-state index in [4.69, 9.17) is 34.8 Å². The van der Waals surface area contributed by atoms with Crippen LogP contribution in [0.3, 0.4) is 0 Å². The van der Waals surface area contributed by atoms with Crippen molar-refractivity contribution in [3.63, 3.8) is 0 Å². The topological polar surface area (TPSA) is 37.3 Å². The summed E-state index contributed by atoms with van der Waals surface area (Å²) in [7, 11) is 0. The van der Waals surface area contributed by atoms with Crippen LogP contribution in [0, 0.1) is 0 Å². The molecule has 1 aromatic heterocycles. The van der Waals surface area contributed by atoms with E-state index in [-0.39, 0.29) is 0 Å². The van der Waals surface area contributed by atoms with Crippen molar-refractivity contribution in [1.29, 1.82) is 0 Å². The molecule has 0 aliphatic carbocycles. The average molecular weight is 379 g/mol. The van der Waals surface area contributed by atoms with Crippen molar-refractivity contribution in [3.05, 3.63) is 69.3 Å². The van der Waals surface area contributed by atoms with E-state index in [9.17, 15) is 0 Å². The van der Waals surface area contributed by atoms with Gasteiger partial charge >= 0.3 is 0 Å². The summed E-state index contributed by atoms with van der Waals surface area (Å²) in [6.07, 6.45) is 3.52. The molecule has 1 heterocycles. The number of rotatable bonds is 5. The minimum Gasteiger partial charge on any atom is -0.383 e. The number of aliphatic imine (C=N–C) groups is 1. The minimum absolute atomic E-state index is 0.594. The highest BCUT2D eigenvalue weighted by molar-refractivity contribution is 6.36. The number of aromatic nitrogens is 1. The Hall–Kier alpha value is -1.81. The molecule has 0 unspecified atom stereocenters. The van der Waals surface area contributed by atoms with Crippen molar-refractivity contribution in [3.8, 4) is 0 Å². The van der Waals surface area contributed by atoms with Gasteiger partial charge in [-0.05, 0) is 36.4 Å². The summed E-state index contributed by atoms with van der Waals surface area (Å²) in [5.74, 6) is 0. The molecule has 0 spiro atoms. The Morgan fingerprint density at radius 3 is 2.62 bits per heavy atom. The molecule has 3 rings (SSSR count). The third kappa shape index (κ3) is 4.18. The zero-order valence-corrected chi connectivity index (χ0v) is 14.9. The molecule has 0 saturated carbocycles. The molecule has 0 bridgehead atoms. The SMILES string of the molecule is Clc1ccc(C=NCCNc2ccnc3cc(Cl)ccc23)c(Cl)c1. The second kappa shape index (κ2) is 7.84. The maximum atomic E-state index is 6.11. The molecule has 6 heteroatoms. The van der Waals surface area contributed by atoms with Gasteiger partial charge in [0.15, 0.2) is 0 Å². The number of halogens is 3. The molecule has 3 aromatic rings. The van der Waals surface area contributed by atoms with E-state index >= 15 is 0 Å². The molecule has 0 aliphatic heterocycles. The van der Waals surface area contributed by atoms with E-state index in [1.807, 2.05) is 30.3 Å². The first-order chi connectivity index (χ1) is 11.6. The van der Waals surface area contributed by atoms with Crippen molar-refractivity contribution in [1.82, 2.24) is 4.98 Å². The van der Waals surface area contributed by atoms with E-state index in [1.54, 1.807) is 24.5 Å². The fraction of sp³-hybridized carbons (Fsp3) is 0.111. The monoisotopic (exact) mass is 377 g/mol. The molecule has 0 aliphatic rings. The maximum absolute atomic E-state index is 6.11.